The second-order valence-electron chi connectivity index (χ2n) is 21.4. The Bertz CT molecular complexity index is 2180. The molecule has 2 aliphatic rings. The smallest absolute Gasteiger partial charge is 0.245 e. The van der Waals surface area contributed by atoms with Crippen molar-refractivity contribution in [3.05, 3.63) is 35.9 Å². The van der Waals surface area contributed by atoms with Crippen LogP contribution in [0, 0.1) is 17.8 Å². The minimum absolute atomic E-state index is 0.00143. The van der Waals surface area contributed by atoms with Crippen molar-refractivity contribution in [3.8, 4) is 0 Å². The van der Waals surface area contributed by atoms with Gasteiger partial charge in [0.25, 0.3) is 0 Å². The highest BCUT2D eigenvalue weighted by Gasteiger charge is 2.37. The Morgan fingerprint density at radius 3 is 1.62 bits per heavy atom. The molecule has 0 unspecified atom stereocenters. The van der Waals surface area contributed by atoms with E-state index in [1.165, 1.54) is 13.8 Å². The van der Waals surface area contributed by atoms with Crippen LogP contribution in [0.5, 0.6) is 0 Å². The maximum absolute atomic E-state index is 14.4. The van der Waals surface area contributed by atoms with Gasteiger partial charge in [0.05, 0.1) is 12.2 Å². The van der Waals surface area contributed by atoms with Crippen LogP contribution in [0.25, 0.3) is 0 Å². The molecule has 22 N–H and O–H groups in total. The van der Waals surface area contributed by atoms with Gasteiger partial charge in [0.2, 0.25) is 59.1 Å². The van der Waals surface area contributed by atoms with E-state index in [2.05, 4.69) is 53.2 Å². The van der Waals surface area contributed by atoms with E-state index in [4.69, 9.17) is 28.7 Å². The first-order valence-electron chi connectivity index (χ1n) is 28.0. The van der Waals surface area contributed by atoms with Gasteiger partial charge in [-0.15, -0.1) is 0 Å². The molecule has 0 aromatic heterocycles. The summed E-state index contributed by atoms with van der Waals surface area (Å²) in [5.74, 6) is -9.17. The summed E-state index contributed by atoms with van der Waals surface area (Å²) in [5.41, 5.74) is 30.6. The Morgan fingerprint density at radius 1 is 0.600 bits per heavy atom. The molecule has 450 valence electrons. The number of nitrogens with one attached hydrogen (secondary N) is 10. The van der Waals surface area contributed by atoms with Gasteiger partial charge in [-0.2, -0.15) is 0 Å². The minimum atomic E-state index is -1.66. The normalized spacial score (nSPS) is 24.6. The Kier molecular flexibility index (Phi) is 30.0. The molecular weight excluding hydrogens is 1040 g/mol. The van der Waals surface area contributed by atoms with Gasteiger partial charge in [-0.05, 0) is 108 Å². The van der Waals surface area contributed by atoms with Crippen molar-refractivity contribution in [1.82, 2.24) is 53.2 Å². The molecule has 1 aliphatic heterocycles. The van der Waals surface area contributed by atoms with E-state index >= 15 is 0 Å². The molecule has 1 aliphatic carbocycles. The zero-order chi connectivity index (χ0) is 59.5. The first-order chi connectivity index (χ1) is 38.0. The van der Waals surface area contributed by atoms with Crippen molar-refractivity contribution in [1.29, 1.82) is 0 Å². The van der Waals surface area contributed by atoms with E-state index in [0.717, 1.165) is 37.7 Å². The van der Waals surface area contributed by atoms with Crippen LogP contribution < -0.4 is 81.8 Å². The van der Waals surface area contributed by atoms with Crippen LogP contribution in [-0.2, 0) is 54.4 Å². The molecule has 12 atom stereocenters. The summed E-state index contributed by atoms with van der Waals surface area (Å²) in [5, 5.41) is 47.1. The van der Waals surface area contributed by atoms with E-state index in [1.54, 1.807) is 0 Å². The Labute approximate surface area is 468 Å². The van der Waals surface area contributed by atoms with Crippen LogP contribution in [0.1, 0.15) is 110 Å². The number of hydrogen-bond acceptors (Lipinski definition) is 17. The third kappa shape index (κ3) is 23.0. The summed E-state index contributed by atoms with van der Waals surface area (Å²) < 4.78 is 0. The Morgan fingerprint density at radius 2 is 1.11 bits per heavy atom. The van der Waals surface area contributed by atoms with Gasteiger partial charge < -0.3 is 92.0 Å². The largest absolute Gasteiger partial charge is 0.391 e. The van der Waals surface area contributed by atoms with E-state index in [-0.39, 0.29) is 82.5 Å². The molecule has 1 saturated carbocycles. The first kappa shape index (κ1) is 67.9. The molecule has 0 spiro atoms. The highest BCUT2D eigenvalue weighted by molar-refractivity contribution is 5.99. The molecule has 1 aromatic carbocycles. The fourth-order valence-electron chi connectivity index (χ4n) is 9.59. The van der Waals surface area contributed by atoms with Gasteiger partial charge in [0.15, 0.2) is 0 Å². The van der Waals surface area contributed by atoms with Crippen LogP contribution in [0.4, 0.5) is 0 Å². The predicted octanol–water partition coefficient (Wildman–Crippen LogP) is -5.14. The van der Waals surface area contributed by atoms with Crippen molar-refractivity contribution in [2.75, 3.05) is 39.3 Å². The highest BCUT2D eigenvalue weighted by Crippen LogP contribution is 2.28. The fraction of sp³-hybridized carbons (Fsp3) is 0.698. The molecule has 80 heavy (non-hydrogen) atoms. The van der Waals surface area contributed by atoms with Gasteiger partial charge in [-0.1, -0.05) is 76.3 Å². The van der Waals surface area contributed by atoms with Crippen LogP contribution >= 0.6 is 0 Å². The van der Waals surface area contributed by atoms with Gasteiger partial charge in [0, 0.05) is 19.5 Å². The summed E-state index contributed by atoms with van der Waals surface area (Å²) in [4.78, 5) is 140. The summed E-state index contributed by atoms with van der Waals surface area (Å²) in [6.45, 7) is 4.88. The molecule has 27 nitrogen and oxygen atoms in total. The first-order valence-corrected chi connectivity index (χ1v) is 28.0. The summed E-state index contributed by atoms with van der Waals surface area (Å²) in [6.07, 6.45) is 1.05. The van der Waals surface area contributed by atoms with Gasteiger partial charge in [-0.3, -0.25) is 47.9 Å². The van der Waals surface area contributed by atoms with Crippen molar-refractivity contribution in [2.24, 2.45) is 46.4 Å². The van der Waals surface area contributed by atoms with Crippen molar-refractivity contribution >= 4 is 59.1 Å². The molecule has 27 heteroatoms. The number of benzene rings is 1. The third-order valence-electron chi connectivity index (χ3n) is 14.1. The van der Waals surface area contributed by atoms with E-state index in [9.17, 15) is 58.2 Å². The summed E-state index contributed by atoms with van der Waals surface area (Å²) in [6, 6.07) is -3.76. The standard InChI is InChI=1S/C53H91N15O12/c1-29(2)23-39-49(76)62-35(15-19-54)45(72)61-37(17-21-56)48(75)68-43(30(3)69)52(79)59-22-18-38(47(74)60-36(16-20-55)46(73)65-40(50(77)64-39)25-33-13-9-6-10-14-33)63-51(78)41(28-58)66-53(80)44(31(4)70)67-42(71)26-34(27-57)24-32-11-7-5-8-12-32/h5,7-8,11-12,29-31,33-41,43-44,69-70H,6,9-10,13-28,54-58H2,1-4H3,(H,59,79)(H,60,74)(H,61,72)(H,62,76)(H,63,78)(H,64,77)(H,65,73)(H,66,80)(H,67,71)(H,68,75)/t30-,31-,34-,35+,36+,37+,38+,39+,40-,41+,43+,44+/m1/s1. The van der Waals surface area contributed by atoms with Crippen molar-refractivity contribution < 1.29 is 58.2 Å². The van der Waals surface area contributed by atoms with Crippen molar-refractivity contribution in [3.63, 3.8) is 0 Å². The predicted molar refractivity (Wildman–Crippen MR) is 296 cm³/mol. The number of carbonyl (C=O) groups excluding carboxylic acids is 10. The topological polar surface area (TPSA) is 462 Å². The molecule has 3 rings (SSSR count). The number of aliphatic hydroxyl groups excluding tert-OH is 2. The number of carbonyl (C=O) groups is 10. The average molecular weight is 1130 g/mol. The second kappa shape index (κ2) is 35.4. The Hall–Kier alpha value is -6.36. The maximum atomic E-state index is 14.4. The van der Waals surface area contributed by atoms with Crippen LogP contribution in [0.2, 0.25) is 0 Å². The highest BCUT2D eigenvalue weighted by atomic mass is 16.3. The lowest BCUT2D eigenvalue weighted by atomic mass is 9.84. The SMILES string of the molecule is CC(C)C[C@@H]1NC(=O)[C@@H](CC2CCCCC2)NC(=O)[C@H](CCN)NC(=O)[C@@H](NC(=O)[C@H](CN)NC(=O)[C@@H](NC(=O)C[C@H](CN)Cc2ccccc2)[C@@H](C)O)CCNC(=O)[C@H]([C@@H](C)O)NC(=O)[C@H](CCN)NC(=O)[C@H](CCN)NC1=O. The quantitative estimate of drug-likeness (QED) is 0.0487. The van der Waals surface area contributed by atoms with Gasteiger partial charge in [0.1, 0.15) is 54.4 Å². The number of aliphatic hydroxyl groups is 2. The molecule has 0 bridgehead atoms. The Balaban J connectivity index is 2.04. The third-order valence-corrected chi connectivity index (χ3v) is 14.1. The van der Waals surface area contributed by atoms with Crippen molar-refractivity contribution in [2.45, 2.75) is 178 Å². The molecule has 1 heterocycles. The molecule has 1 saturated heterocycles. The van der Waals surface area contributed by atoms with Gasteiger partial charge >= 0.3 is 0 Å². The lowest BCUT2D eigenvalue weighted by molar-refractivity contribution is -0.136. The molecule has 10 amide bonds. The van der Waals surface area contributed by atoms with E-state index < -0.39 is 145 Å². The lowest BCUT2D eigenvalue weighted by Crippen LogP contribution is -2.62. The maximum Gasteiger partial charge on any atom is 0.245 e. The molecule has 1 aromatic rings. The van der Waals surface area contributed by atoms with E-state index in [0.29, 0.717) is 6.42 Å². The number of amides is 10. The number of nitrogens with two attached hydrogens (primary N) is 5. The molecule has 0 radical (unpaired) electrons. The number of hydrogen-bond donors (Lipinski definition) is 17. The number of rotatable bonds is 23. The molecular formula is C53H91N15O12. The van der Waals surface area contributed by atoms with Crippen LogP contribution in [-0.4, -0.2) is 175 Å². The van der Waals surface area contributed by atoms with Crippen LogP contribution in [0.3, 0.4) is 0 Å². The monoisotopic (exact) mass is 1130 g/mol. The zero-order valence-electron chi connectivity index (χ0n) is 46.8. The second-order valence-corrected chi connectivity index (χ2v) is 21.4. The summed E-state index contributed by atoms with van der Waals surface area (Å²) in [7, 11) is 0. The fourth-order valence-corrected chi connectivity index (χ4v) is 9.59. The summed E-state index contributed by atoms with van der Waals surface area (Å²) >= 11 is 0. The minimum Gasteiger partial charge on any atom is -0.391 e. The van der Waals surface area contributed by atoms with Crippen LogP contribution in [0.15, 0.2) is 30.3 Å². The average Bonchev–Trinajstić information content (AvgIpc) is 3.41. The lowest BCUT2D eigenvalue weighted by Gasteiger charge is -2.30. The zero-order valence-corrected chi connectivity index (χ0v) is 46.8. The van der Waals surface area contributed by atoms with E-state index in [1.807, 2.05) is 44.2 Å². The van der Waals surface area contributed by atoms with Gasteiger partial charge in [-0.25, -0.2) is 0 Å². The molecule has 2 fully saturated rings.